The van der Waals surface area contributed by atoms with Gasteiger partial charge in [0.15, 0.2) is 12.6 Å². The summed E-state index contributed by atoms with van der Waals surface area (Å²) in [5.74, 6) is 0. The Kier molecular flexibility index (Phi) is 3.98. The molecule has 0 saturated carbocycles. The van der Waals surface area contributed by atoms with Crippen LogP contribution in [0.1, 0.15) is 18.3 Å². The lowest BCUT2D eigenvalue weighted by Gasteiger charge is -2.41. The Labute approximate surface area is 116 Å². The molecule has 2 aliphatic heterocycles. The van der Waals surface area contributed by atoms with Crippen LogP contribution in [-0.2, 0) is 18.9 Å². The lowest BCUT2D eigenvalue weighted by Crippen LogP contribution is -2.53. The number of oxime groups is 1. The van der Waals surface area contributed by atoms with Crippen molar-refractivity contribution >= 4 is 5.71 Å². The van der Waals surface area contributed by atoms with Crippen molar-refractivity contribution in [2.45, 2.75) is 31.2 Å². The van der Waals surface area contributed by atoms with Gasteiger partial charge in [-0.25, -0.2) is 0 Å². The van der Waals surface area contributed by atoms with E-state index in [1.165, 1.54) is 0 Å². The molecule has 1 aromatic carbocycles. The van der Waals surface area contributed by atoms with Crippen LogP contribution < -0.4 is 0 Å². The fourth-order valence-corrected chi connectivity index (χ4v) is 2.49. The highest BCUT2D eigenvalue weighted by Crippen LogP contribution is 2.32. The average Bonchev–Trinajstić information content (AvgIpc) is 2.54. The lowest BCUT2D eigenvalue weighted by atomic mass is 10.0. The van der Waals surface area contributed by atoms with Crippen LogP contribution >= 0.6 is 0 Å². The number of benzene rings is 1. The minimum atomic E-state index is -0.475. The van der Waals surface area contributed by atoms with E-state index < -0.39 is 18.7 Å². The first-order valence-corrected chi connectivity index (χ1v) is 6.53. The van der Waals surface area contributed by atoms with Crippen molar-refractivity contribution in [3.8, 4) is 0 Å². The zero-order valence-corrected chi connectivity index (χ0v) is 11.1. The normalized spacial score (nSPS) is 35.8. The van der Waals surface area contributed by atoms with Gasteiger partial charge >= 0.3 is 0 Å². The van der Waals surface area contributed by atoms with E-state index in [4.69, 9.17) is 24.2 Å². The van der Waals surface area contributed by atoms with Crippen LogP contribution in [-0.4, -0.2) is 43.1 Å². The van der Waals surface area contributed by atoms with Gasteiger partial charge in [0.25, 0.3) is 0 Å². The molecule has 108 valence electrons. The van der Waals surface area contributed by atoms with Crippen molar-refractivity contribution in [1.82, 2.24) is 0 Å². The first-order chi connectivity index (χ1) is 9.81. The molecule has 0 bridgehead atoms. The van der Waals surface area contributed by atoms with E-state index in [9.17, 15) is 0 Å². The molecule has 1 aromatic rings. The smallest absolute Gasteiger partial charge is 0.184 e. The van der Waals surface area contributed by atoms with Crippen molar-refractivity contribution < 1.29 is 24.2 Å². The number of hydrogen-bond acceptors (Lipinski definition) is 6. The van der Waals surface area contributed by atoms with Crippen LogP contribution in [0.4, 0.5) is 0 Å². The minimum Gasteiger partial charge on any atom is -0.411 e. The molecule has 2 aliphatic rings. The van der Waals surface area contributed by atoms with Gasteiger partial charge in [0, 0.05) is 19.1 Å². The molecular weight excluding hydrogens is 262 g/mol. The van der Waals surface area contributed by atoms with Gasteiger partial charge in [0.1, 0.15) is 12.2 Å². The Balaban J connectivity index is 1.76. The molecule has 6 nitrogen and oxygen atoms in total. The van der Waals surface area contributed by atoms with E-state index in [-0.39, 0.29) is 6.10 Å². The Bertz CT molecular complexity index is 478. The van der Waals surface area contributed by atoms with Crippen molar-refractivity contribution in [3.05, 3.63) is 35.9 Å². The third-order valence-corrected chi connectivity index (χ3v) is 3.51. The summed E-state index contributed by atoms with van der Waals surface area (Å²) in [6.45, 7) is 0.364. The van der Waals surface area contributed by atoms with E-state index in [2.05, 4.69) is 5.16 Å². The Morgan fingerprint density at radius 1 is 1.25 bits per heavy atom. The molecule has 6 heteroatoms. The van der Waals surface area contributed by atoms with Gasteiger partial charge in [-0.2, -0.15) is 0 Å². The highest BCUT2D eigenvalue weighted by molar-refractivity contribution is 5.89. The molecule has 2 saturated heterocycles. The Morgan fingerprint density at radius 2 is 2.05 bits per heavy atom. The fraction of sp³-hybridized carbons (Fsp3) is 0.500. The topological polar surface area (TPSA) is 69.5 Å². The van der Waals surface area contributed by atoms with E-state index in [1.54, 1.807) is 7.11 Å². The van der Waals surface area contributed by atoms with Gasteiger partial charge in [-0.1, -0.05) is 35.5 Å². The maximum atomic E-state index is 9.16. The zero-order valence-electron chi connectivity index (χ0n) is 11.1. The van der Waals surface area contributed by atoms with Gasteiger partial charge in [-0.3, -0.25) is 0 Å². The summed E-state index contributed by atoms with van der Waals surface area (Å²) < 4.78 is 22.4. The third-order valence-electron chi connectivity index (χ3n) is 3.51. The van der Waals surface area contributed by atoms with E-state index in [0.29, 0.717) is 18.7 Å². The van der Waals surface area contributed by atoms with E-state index in [1.807, 2.05) is 30.3 Å². The van der Waals surface area contributed by atoms with Crippen LogP contribution in [0.2, 0.25) is 0 Å². The molecule has 3 rings (SSSR count). The summed E-state index contributed by atoms with van der Waals surface area (Å²) in [5.41, 5.74) is 1.45. The highest BCUT2D eigenvalue weighted by atomic mass is 16.7. The second-order valence-corrected chi connectivity index (χ2v) is 4.77. The molecule has 0 amide bonds. The molecule has 2 fully saturated rings. The van der Waals surface area contributed by atoms with Crippen molar-refractivity contribution in [2.75, 3.05) is 13.7 Å². The van der Waals surface area contributed by atoms with Gasteiger partial charge in [-0.05, 0) is 0 Å². The van der Waals surface area contributed by atoms with Crippen molar-refractivity contribution in [2.24, 2.45) is 5.16 Å². The van der Waals surface area contributed by atoms with Crippen LogP contribution in [0, 0.1) is 0 Å². The number of ether oxygens (including phenoxy) is 4. The number of methoxy groups -OCH3 is 1. The predicted octanol–water partition coefficient (Wildman–Crippen LogP) is 1.69. The summed E-state index contributed by atoms with van der Waals surface area (Å²) in [6.07, 6.45) is -1.25. The second kappa shape index (κ2) is 5.88. The van der Waals surface area contributed by atoms with Gasteiger partial charge < -0.3 is 24.2 Å². The number of hydrogen-bond donors (Lipinski definition) is 1. The molecule has 0 spiro atoms. The summed E-state index contributed by atoms with van der Waals surface area (Å²) in [6, 6.07) is 9.65. The molecule has 0 aromatic heterocycles. The van der Waals surface area contributed by atoms with E-state index in [0.717, 1.165) is 5.56 Å². The number of fused-ring (bicyclic) bond motifs is 1. The summed E-state index contributed by atoms with van der Waals surface area (Å²) in [7, 11) is 1.55. The molecular formula is C14H17NO5. The maximum Gasteiger partial charge on any atom is 0.184 e. The summed E-state index contributed by atoms with van der Waals surface area (Å²) in [5, 5.41) is 12.5. The van der Waals surface area contributed by atoms with Gasteiger partial charge in [-0.15, -0.1) is 0 Å². The zero-order chi connectivity index (χ0) is 13.9. The van der Waals surface area contributed by atoms with Gasteiger partial charge in [0.05, 0.1) is 12.3 Å². The summed E-state index contributed by atoms with van der Waals surface area (Å²) in [4.78, 5) is 0. The van der Waals surface area contributed by atoms with Crippen LogP contribution in [0.3, 0.4) is 0 Å². The Morgan fingerprint density at radius 3 is 2.75 bits per heavy atom. The van der Waals surface area contributed by atoms with Crippen molar-refractivity contribution in [1.29, 1.82) is 0 Å². The van der Waals surface area contributed by atoms with Gasteiger partial charge in [0.2, 0.25) is 0 Å². The quantitative estimate of drug-likeness (QED) is 0.659. The lowest BCUT2D eigenvalue weighted by molar-refractivity contribution is -0.286. The average molecular weight is 279 g/mol. The monoisotopic (exact) mass is 279 g/mol. The van der Waals surface area contributed by atoms with Crippen molar-refractivity contribution in [3.63, 3.8) is 0 Å². The molecule has 0 radical (unpaired) electrons. The van der Waals surface area contributed by atoms with Crippen LogP contribution in [0.5, 0.6) is 0 Å². The molecule has 2 heterocycles. The largest absolute Gasteiger partial charge is 0.411 e. The molecule has 1 unspecified atom stereocenters. The van der Waals surface area contributed by atoms with Crippen LogP contribution in [0.15, 0.2) is 35.5 Å². The molecule has 1 N–H and O–H groups in total. The molecule has 0 aliphatic carbocycles. The second-order valence-electron chi connectivity index (χ2n) is 4.77. The van der Waals surface area contributed by atoms with E-state index >= 15 is 0 Å². The fourth-order valence-electron chi connectivity index (χ4n) is 2.49. The first-order valence-electron chi connectivity index (χ1n) is 6.53. The highest BCUT2D eigenvalue weighted by Gasteiger charge is 2.42. The van der Waals surface area contributed by atoms with Crippen LogP contribution in [0.25, 0.3) is 0 Å². The standard InChI is InChI=1S/C14H17NO5/c1-17-12-7-10(15-16)13-11(19-12)8-18-14(20-13)9-5-3-2-4-6-9/h2-6,11-14,16H,7-8H2,1H3/b15-10+/t11-,12+,13+,14?/m1/s1. The first kappa shape index (κ1) is 13.5. The molecule has 20 heavy (non-hydrogen) atoms. The Hall–Kier alpha value is -1.47. The summed E-state index contributed by atoms with van der Waals surface area (Å²) >= 11 is 0. The molecule has 4 atom stereocenters. The third kappa shape index (κ3) is 2.55. The predicted molar refractivity (Wildman–Crippen MR) is 69.5 cm³/mol. The maximum absolute atomic E-state index is 9.16. The number of rotatable bonds is 2. The SMILES string of the molecule is CO[C@@H]1C/C(=N\O)[C@@H]2OC(c3ccccc3)OC[C@H]2O1. The number of nitrogens with zero attached hydrogens (tertiary/aromatic N) is 1. The minimum absolute atomic E-state index is 0.320.